The summed E-state index contributed by atoms with van der Waals surface area (Å²) in [5.74, 6) is -1.98. The van der Waals surface area contributed by atoms with Crippen LogP contribution in [0, 0.1) is 11.8 Å². The highest BCUT2D eigenvalue weighted by molar-refractivity contribution is 9.10. The second-order valence-corrected chi connectivity index (χ2v) is 10.3. The first-order valence-electron chi connectivity index (χ1n) is 11.5. The van der Waals surface area contributed by atoms with Crippen LogP contribution >= 0.6 is 27.5 Å². The zero-order chi connectivity index (χ0) is 25.1. The smallest absolute Gasteiger partial charge is 0.240 e. The summed E-state index contributed by atoms with van der Waals surface area (Å²) in [5, 5.41) is 0.307. The van der Waals surface area contributed by atoms with Crippen molar-refractivity contribution < 1.29 is 19.1 Å². The Balaban J connectivity index is 1.50. The van der Waals surface area contributed by atoms with Gasteiger partial charge in [-0.25, -0.2) is 4.90 Å². The molecule has 3 aliphatic rings. The van der Waals surface area contributed by atoms with Crippen molar-refractivity contribution in [2.75, 3.05) is 12.0 Å². The second-order valence-electron chi connectivity index (χ2n) is 9.01. The Morgan fingerprint density at radius 3 is 2.44 bits per heavy atom. The van der Waals surface area contributed by atoms with E-state index in [2.05, 4.69) is 15.9 Å². The molecule has 6 rings (SSSR count). The minimum Gasteiger partial charge on any atom is -0.496 e. The molecule has 0 unspecified atom stereocenters. The van der Waals surface area contributed by atoms with Gasteiger partial charge < -0.3 is 9.64 Å². The lowest BCUT2D eigenvalue weighted by atomic mass is 9.83. The normalized spacial score (nSPS) is 24.0. The molecule has 180 valence electrons. The molecule has 2 fully saturated rings. The largest absolute Gasteiger partial charge is 0.496 e. The molecular formula is C28H20BrClN2O4. The number of ether oxygens (including phenoxy) is 1. The van der Waals surface area contributed by atoms with Gasteiger partial charge in [0.2, 0.25) is 11.8 Å². The molecule has 4 atom stereocenters. The maximum atomic E-state index is 14.0. The molecule has 6 nitrogen and oxygen atoms in total. The number of fused-ring (bicyclic) bond motifs is 5. The number of hydrogen-bond acceptors (Lipinski definition) is 5. The number of nitrogens with zero attached hydrogens (tertiary/aromatic N) is 2. The molecule has 8 heteroatoms. The SMILES string of the molecule is COc1ccc(C(=O)[C@H]2[C@H]3C(=O)N(c4ccccc4Cl)C(=O)[C@H]3[C@@H]3c4ccccc4C=CN23)cc1Br. The molecule has 0 aromatic heterocycles. The Bertz CT molecular complexity index is 1470. The van der Waals surface area contributed by atoms with Gasteiger partial charge in [0.15, 0.2) is 5.78 Å². The van der Waals surface area contributed by atoms with E-state index in [-0.39, 0.29) is 11.7 Å². The van der Waals surface area contributed by atoms with Crippen molar-refractivity contribution in [1.82, 2.24) is 4.90 Å². The van der Waals surface area contributed by atoms with Crippen LogP contribution in [0.1, 0.15) is 27.5 Å². The summed E-state index contributed by atoms with van der Waals surface area (Å²) >= 11 is 9.85. The Morgan fingerprint density at radius 1 is 0.972 bits per heavy atom. The molecule has 0 aliphatic carbocycles. The first-order valence-corrected chi connectivity index (χ1v) is 12.6. The number of methoxy groups -OCH3 is 1. The fourth-order valence-electron chi connectivity index (χ4n) is 5.72. The number of carbonyl (C=O) groups excluding carboxylic acids is 3. The third-order valence-corrected chi connectivity index (χ3v) is 8.20. The average Bonchev–Trinajstić information content (AvgIpc) is 3.36. The van der Waals surface area contributed by atoms with Crippen molar-refractivity contribution in [3.8, 4) is 5.75 Å². The van der Waals surface area contributed by atoms with Crippen molar-refractivity contribution >= 4 is 56.9 Å². The van der Waals surface area contributed by atoms with Gasteiger partial charge in [-0.1, -0.05) is 48.0 Å². The minimum atomic E-state index is -0.858. The van der Waals surface area contributed by atoms with Crippen LogP contribution in [0.5, 0.6) is 5.75 Å². The molecule has 36 heavy (non-hydrogen) atoms. The summed E-state index contributed by atoms with van der Waals surface area (Å²) in [6.45, 7) is 0. The van der Waals surface area contributed by atoms with E-state index in [0.29, 0.717) is 26.5 Å². The van der Waals surface area contributed by atoms with Crippen LogP contribution in [-0.4, -0.2) is 35.6 Å². The lowest BCUT2D eigenvalue weighted by Crippen LogP contribution is -2.44. The first-order chi connectivity index (χ1) is 17.4. The number of anilines is 1. The summed E-state index contributed by atoms with van der Waals surface area (Å²) in [6, 6.07) is 18.3. The Morgan fingerprint density at radius 2 is 1.69 bits per heavy atom. The third-order valence-electron chi connectivity index (χ3n) is 7.26. The maximum absolute atomic E-state index is 14.0. The molecule has 3 heterocycles. The lowest BCUT2D eigenvalue weighted by Gasteiger charge is -2.35. The van der Waals surface area contributed by atoms with Gasteiger partial charge in [-0.3, -0.25) is 14.4 Å². The second kappa shape index (κ2) is 8.61. The van der Waals surface area contributed by atoms with Gasteiger partial charge in [0.25, 0.3) is 0 Å². The molecular weight excluding hydrogens is 544 g/mol. The predicted molar refractivity (Wildman–Crippen MR) is 140 cm³/mol. The number of benzene rings is 3. The van der Waals surface area contributed by atoms with Gasteiger partial charge in [-0.2, -0.15) is 0 Å². The number of amides is 2. The number of halogens is 2. The number of Topliss-reactive ketones (excluding diaryl/α,β-unsaturated/α-hetero) is 1. The third kappa shape index (κ3) is 3.26. The van der Waals surface area contributed by atoms with Crippen molar-refractivity contribution in [2.24, 2.45) is 11.8 Å². The Kier molecular flexibility index (Phi) is 5.50. The van der Waals surface area contributed by atoms with E-state index in [0.717, 1.165) is 11.1 Å². The summed E-state index contributed by atoms with van der Waals surface area (Å²) in [4.78, 5) is 44.9. The topological polar surface area (TPSA) is 66.9 Å². The monoisotopic (exact) mass is 562 g/mol. The van der Waals surface area contributed by atoms with Crippen LogP contribution in [0.3, 0.4) is 0 Å². The number of ketones is 1. The van der Waals surface area contributed by atoms with Crippen LogP contribution in [-0.2, 0) is 9.59 Å². The van der Waals surface area contributed by atoms with E-state index in [1.165, 1.54) is 4.90 Å². The number of carbonyl (C=O) groups is 3. The van der Waals surface area contributed by atoms with Crippen molar-refractivity contribution in [1.29, 1.82) is 0 Å². The molecule has 0 spiro atoms. The molecule has 0 radical (unpaired) electrons. The van der Waals surface area contributed by atoms with Crippen molar-refractivity contribution in [3.63, 3.8) is 0 Å². The quantitative estimate of drug-likeness (QED) is 0.309. The average molecular weight is 564 g/mol. The standard InChI is InChI=1S/C28H20BrClN2O4/c1-36-21-11-10-16(14-18(21)29)26(33)25-23-22(24-17-7-3-2-6-15(17)12-13-31(24)25)27(34)32(28(23)35)20-9-5-4-8-19(20)30/h2-14,22-25H,1H3/t22-,23+,24+,25-/m1/s1. The highest BCUT2D eigenvalue weighted by Gasteiger charge is 2.64. The van der Waals surface area contributed by atoms with Crippen molar-refractivity contribution in [2.45, 2.75) is 12.1 Å². The molecule has 3 aromatic carbocycles. The zero-order valence-electron chi connectivity index (χ0n) is 19.1. The fourth-order valence-corrected chi connectivity index (χ4v) is 6.48. The van der Waals surface area contributed by atoms with Gasteiger partial charge in [0.05, 0.1) is 40.2 Å². The summed E-state index contributed by atoms with van der Waals surface area (Å²) in [5.41, 5.74) is 2.65. The van der Waals surface area contributed by atoms with Crippen LogP contribution in [0.25, 0.3) is 6.08 Å². The van der Waals surface area contributed by atoms with E-state index in [1.807, 2.05) is 41.4 Å². The molecule has 3 aliphatic heterocycles. The number of imide groups is 1. The molecule has 3 aromatic rings. The molecule has 2 saturated heterocycles. The van der Waals surface area contributed by atoms with Crippen LogP contribution in [0.15, 0.2) is 77.4 Å². The fraction of sp³-hybridized carbons (Fsp3) is 0.179. The highest BCUT2D eigenvalue weighted by atomic mass is 79.9. The van der Waals surface area contributed by atoms with Gasteiger partial charge in [-0.15, -0.1) is 0 Å². The summed E-state index contributed by atoms with van der Waals surface area (Å²) in [7, 11) is 1.55. The predicted octanol–water partition coefficient (Wildman–Crippen LogP) is 5.51. The Labute approximate surface area is 221 Å². The first kappa shape index (κ1) is 23.0. The van der Waals surface area contributed by atoms with Crippen LogP contribution in [0.2, 0.25) is 5.02 Å². The van der Waals surface area contributed by atoms with Crippen molar-refractivity contribution in [3.05, 3.63) is 99.1 Å². The Hall–Kier alpha value is -3.42. The number of rotatable bonds is 4. The van der Waals surface area contributed by atoms with E-state index >= 15 is 0 Å². The van der Waals surface area contributed by atoms with E-state index in [9.17, 15) is 14.4 Å². The molecule has 0 saturated carbocycles. The summed E-state index contributed by atoms with van der Waals surface area (Å²) in [6.07, 6.45) is 3.77. The molecule has 0 N–H and O–H groups in total. The van der Waals surface area contributed by atoms with Gasteiger partial charge in [0.1, 0.15) is 11.8 Å². The number of hydrogen-bond donors (Lipinski definition) is 0. The van der Waals surface area contributed by atoms with E-state index in [1.54, 1.807) is 49.6 Å². The van der Waals surface area contributed by atoms with E-state index < -0.39 is 29.8 Å². The zero-order valence-corrected chi connectivity index (χ0v) is 21.4. The molecule has 0 bridgehead atoms. The molecule has 2 amide bonds. The lowest BCUT2D eigenvalue weighted by molar-refractivity contribution is -0.123. The summed E-state index contributed by atoms with van der Waals surface area (Å²) < 4.78 is 5.94. The van der Waals surface area contributed by atoms with Crippen LogP contribution in [0.4, 0.5) is 5.69 Å². The van der Waals surface area contributed by atoms with E-state index in [4.69, 9.17) is 16.3 Å². The van der Waals surface area contributed by atoms with Gasteiger partial charge in [0, 0.05) is 11.8 Å². The highest BCUT2D eigenvalue weighted by Crippen LogP contribution is 2.54. The van der Waals surface area contributed by atoms with Gasteiger partial charge >= 0.3 is 0 Å². The number of para-hydroxylation sites is 1. The van der Waals surface area contributed by atoms with Crippen LogP contribution < -0.4 is 9.64 Å². The minimum absolute atomic E-state index is 0.234. The maximum Gasteiger partial charge on any atom is 0.240 e. The van der Waals surface area contributed by atoms with Gasteiger partial charge in [-0.05, 0) is 63.5 Å².